The summed E-state index contributed by atoms with van der Waals surface area (Å²) in [4.78, 5) is 27.6. The van der Waals surface area contributed by atoms with Crippen molar-refractivity contribution in [3.8, 4) is 11.6 Å². The van der Waals surface area contributed by atoms with Gasteiger partial charge in [-0.05, 0) is 49.6 Å². The number of hydrogen-bond donors (Lipinski definition) is 3. The fraction of sp³-hybridized carbons (Fsp3) is 0.350. The Morgan fingerprint density at radius 3 is 2.56 bits per heavy atom. The first-order chi connectivity index (χ1) is 13.1. The number of pyridine rings is 1. The Labute approximate surface area is 157 Å². The first-order valence-corrected chi connectivity index (χ1v) is 9.15. The predicted molar refractivity (Wildman–Crippen MR) is 101 cm³/mol. The standard InChI is InChI=1S/C20H22N4O3/c1-12(25)22-15-5-9-19(21-11-15)27-16-6-2-13(3-7-16)20(26)24-18-10-14-4-8-17(18)23-14/h2-3,5-7,9,11,14,17-18,23H,4,8,10H2,1H3,(H,22,25)(H,24,26)/t14-,17+,18-/m1/s1. The Kier molecular flexibility index (Phi) is 4.77. The van der Waals surface area contributed by atoms with Crippen LogP contribution < -0.4 is 20.7 Å². The lowest BCUT2D eigenvalue weighted by molar-refractivity contribution is -0.114. The van der Waals surface area contributed by atoms with Gasteiger partial charge in [0.15, 0.2) is 0 Å². The molecule has 2 bridgehead atoms. The number of anilines is 1. The molecule has 2 aliphatic rings. The van der Waals surface area contributed by atoms with Gasteiger partial charge in [0.1, 0.15) is 5.75 Å². The molecule has 1 aromatic heterocycles. The lowest BCUT2D eigenvalue weighted by Crippen LogP contribution is -2.42. The number of carbonyl (C=O) groups is 2. The van der Waals surface area contributed by atoms with Crippen LogP contribution in [0.25, 0.3) is 0 Å². The van der Waals surface area contributed by atoms with E-state index in [4.69, 9.17) is 4.74 Å². The third-order valence-corrected chi connectivity index (χ3v) is 5.01. The number of nitrogens with one attached hydrogen (secondary N) is 3. The molecule has 27 heavy (non-hydrogen) atoms. The number of ether oxygens (including phenoxy) is 1. The Bertz CT molecular complexity index is 835. The van der Waals surface area contributed by atoms with Crippen molar-refractivity contribution in [2.75, 3.05) is 5.32 Å². The van der Waals surface area contributed by atoms with Crippen molar-refractivity contribution < 1.29 is 14.3 Å². The highest BCUT2D eigenvalue weighted by Crippen LogP contribution is 2.28. The lowest BCUT2D eigenvalue weighted by Gasteiger charge is -2.21. The maximum absolute atomic E-state index is 12.4. The van der Waals surface area contributed by atoms with Gasteiger partial charge in [-0.1, -0.05) is 0 Å². The van der Waals surface area contributed by atoms with E-state index in [0.717, 1.165) is 12.8 Å². The summed E-state index contributed by atoms with van der Waals surface area (Å²) in [5.74, 6) is 0.793. The number of aromatic nitrogens is 1. The molecule has 7 nitrogen and oxygen atoms in total. The van der Waals surface area contributed by atoms with Crippen molar-refractivity contribution in [2.24, 2.45) is 0 Å². The van der Waals surface area contributed by atoms with Crippen LogP contribution in [0.4, 0.5) is 5.69 Å². The van der Waals surface area contributed by atoms with Crippen LogP contribution in [0.1, 0.15) is 36.5 Å². The Morgan fingerprint density at radius 1 is 1.15 bits per heavy atom. The summed E-state index contributed by atoms with van der Waals surface area (Å²) in [5.41, 5.74) is 1.22. The first kappa shape index (κ1) is 17.5. The van der Waals surface area contributed by atoms with Gasteiger partial charge in [-0.25, -0.2) is 4.98 Å². The van der Waals surface area contributed by atoms with Gasteiger partial charge >= 0.3 is 0 Å². The van der Waals surface area contributed by atoms with Crippen molar-refractivity contribution in [1.82, 2.24) is 15.6 Å². The number of fused-ring (bicyclic) bond motifs is 2. The second-order valence-corrected chi connectivity index (χ2v) is 7.06. The van der Waals surface area contributed by atoms with Crippen LogP contribution in [0.3, 0.4) is 0 Å². The largest absolute Gasteiger partial charge is 0.439 e. The van der Waals surface area contributed by atoms with Gasteiger partial charge in [-0.3, -0.25) is 9.59 Å². The monoisotopic (exact) mass is 366 g/mol. The van der Waals surface area contributed by atoms with E-state index in [1.807, 2.05) is 0 Å². The van der Waals surface area contributed by atoms with E-state index in [9.17, 15) is 9.59 Å². The van der Waals surface area contributed by atoms with Crippen LogP contribution in [0.15, 0.2) is 42.6 Å². The van der Waals surface area contributed by atoms with Crippen molar-refractivity contribution in [3.05, 3.63) is 48.2 Å². The molecule has 0 unspecified atom stereocenters. The summed E-state index contributed by atoms with van der Waals surface area (Å²) in [5, 5.41) is 9.30. The zero-order valence-electron chi connectivity index (χ0n) is 15.1. The normalized spacial score (nSPS) is 23.1. The molecule has 3 atom stereocenters. The Hall–Kier alpha value is -2.93. The number of carbonyl (C=O) groups excluding carboxylic acids is 2. The third kappa shape index (κ3) is 4.09. The first-order valence-electron chi connectivity index (χ1n) is 9.15. The summed E-state index contributed by atoms with van der Waals surface area (Å²) >= 11 is 0. The molecule has 2 aromatic rings. The molecule has 0 saturated carbocycles. The molecule has 2 saturated heterocycles. The molecule has 0 radical (unpaired) electrons. The van der Waals surface area contributed by atoms with Gasteiger partial charge in [0.25, 0.3) is 5.91 Å². The maximum Gasteiger partial charge on any atom is 0.251 e. The van der Waals surface area contributed by atoms with E-state index in [1.165, 1.54) is 19.5 Å². The van der Waals surface area contributed by atoms with Crippen LogP contribution >= 0.6 is 0 Å². The lowest BCUT2D eigenvalue weighted by atomic mass is 9.95. The number of benzene rings is 1. The fourth-order valence-electron chi connectivity index (χ4n) is 3.75. The molecule has 2 aliphatic heterocycles. The second kappa shape index (κ2) is 7.36. The van der Waals surface area contributed by atoms with E-state index in [0.29, 0.717) is 35.0 Å². The molecule has 3 heterocycles. The third-order valence-electron chi connectivity index (χ3n) is 5.01. The molecular weight excluding hydrogens is 344 g/mol. The van der Waals surface area contributed by atoms with E-state index in [2.05, 4.69) is 20.9 Å². The summed E-state index contributed by atoms with van der Waals surface area (Å²) in [6.07, 6.45) is 4.89. The van der Waals surface area contributed by atoms with Crippen LogP contribution in [0.5, 0.6) is 11.6 Å². The molecule has 3 N–H and O–H groups in total. The number of hydrogen-bond acceptors (Lipinski definition) is 5. The number of amides is 2. The van der Waals surface area contributed by atoms with Crippen LogP contribution in [0.2, 0.25) is 0 Å². The van der Waals surface area contributed by atoms with Gasteiger partial charge in [0.05, 0.1) is 11.9 Å². The van der Waals surface area contributed by atoms with Crippen LogP contribution in [-0.2, 0) is 4.79 Å². The molecule has 7 heteroatoms. The summed E-state index contributed by atoms with van der Waals surface area (Å²) in [7, 11) is 0. The van der Waals surface area contributed by atoms with Gasteiger partial charge in [0, 0.05) is 36.7 Å². The maximum atomic E-state index is 12.4. The van der Waals surface area contributed by atoms with E-state index >= 15 is 0 Å². The van der Waals surface area contributed by atoms with Gasteiger partial charge < -0.3 is 20.7 Å². The highest BCUT2D eigenvalue weighted by Gasteiger charge is 2.39. The highest BCUT2D eigenvalue weighted by molar-refractivity contribution is 5.94. The Balaban J connectivity index is 1.34. The van der Waals surface area contributed by atoms with Crippen molar-refractivity contribution in [1.29, 1.82) is 0 Å². The molecule has 2 fully saturated rings. The minimum Gasteiger partial charge on any atom is -0.439 e. The second-order valence-electron chi connectivity index (χ2n) is 7.06. The molecule has 4 rings (SSSR count). The van der Waals surface area contributed by atoms with Gasteiger partial charge in [-0.15, -0.1) is 0 Å². The molecule has 140 valence electrons. The number of rotatable bonds is 5. The Morgan fingerprint density at radius 2 is 1.96 bits per heavy atom. The molecule has 1 aromatic carbocycles. The van der Waals surface area contributed by atoms with Crippen LogP contribution in [-0.4, -0.2) is 34.9 Å². The van der Waals surface area contributed by atoms with E-state index in [1.54, 1.807) is 36.4 Å². The smallest absolute Gasteiger partial charge is 0.251 e. The zero-order chi connectivity index (χ0) is 18.8. The van der Waals surface area contributed by atoms with Gasteiger partial charge in [0.2, 0.25) is 11.8 Å². The molecular formula is C20H22N4O3. The van der Waals surface area contributed by atoms with Crippen molar-refractivity contribution in [2.45, 2.75) is 44.3 Å². The number of nitrogens with zero attached hydrogens (tertiary/aromatic N) is 1. The predicted octanol–water partition coefficient (Wildman–Crippen LogP) is 2.46. The SMILES string of the molecule is CC(=O)Nc1ccc(Oc2ccc(C(=O)N[C@@H]3C[C@H]4CC[C@@H]3N4)cc2)nc1. The molecule has 2 amide bonds. The molecule has 0 aliphatic carbocycles. The minimum absolute atomic E-state index is 0.0568. The van der Waals surface area contributed by atoms with E-state index < -0.39 is 0 Å². The van der Waals surface area contributed by atoms with Crippen LogP contribution in [0, 0.1) is 0 Å². The quantitative estimate of drug-likeness (QED) is 0.756. The zero-order valence-corrected chi connectivity index (χ0v) is 15.1. The van der Waals surface area contributed by atoms with Gasteiger partial charge in [-0.2, -0.15) is 0 Å². The summed E-state index contributed by atoms with van der Waals surface area (Å²) in [6.45, 7) is 1.44. The minimum atomic E-state index is -0.152. The van der Waals surface area contributed by atoms with E-state index in [-0.39, 0.29) is 17.9 Å². The summed E-state index contributed by atoms with van der Waals surface area (Å²) < 4.78 is 5.68. The fourth-order valence-corrected chi connectivity index (χ4v) is 3.75. The van der Waals surface area contributed by atoms with Crippen molar-refractivity contribution in [3.63, 3.8) is 0 Å². The summed E-state index contributed by atoms with van der Waals surface area (Å²) in [6, 6.07) is 11.6. The molecule has 0 spiro atoms. The van der Waals surface area contributed by atoms with Crippen molar-refractivity contribution >= 4 is 17.5 Å². The highest BCUT2D eigenvalue weighted by atomic mass is 16.5. The average Bonchev–Trinajstić information content (AvgIpc) is 3.26. The average molecular weight is 366 g/mol. The topological polar surface area (TPSA) is 92.3 Å².